The zero-order valence-corrected chi connectivity index (χ0v) is 14.3. The van der Waals surface area contributed by atoms with Crippen LogP contribution in [0.1, 0.15) is 67.7 Å². The molecule has 0 rings (SSSR count). The molecule has 0 heteroatoms. The van der Waals surface area contributed by atoms with Crippen molar-refractivity contribution in [2.24, 2.45) is 11.3 Å². The van der Waals surface area contributed by atoms with E-state index < -0.39 is 0 Å². The molecule has 0 aliphatic carbocycles. The molecule has 0 heterocycles. The summed E-state index contributed by atoms with van der Waals surface area (Å²) in [6, 6.07) is 0. The van der Waals surface area contributed by atoms with Crippen molar-refractivity contribution in [1.82, 2.24) is 0 Å². The summed E-state index contributed by atoms with van der Waals surface area (Å²) in [5.74, 6) is 0.388. The van der Waals surface area contributed by atoms with Crippen LogP contribution in [0.3, 0.4) is 0 Å². The van der Waals surface area contributed by atoms with Crippen molar-refractivity contribution >= 4 is 0 Å². The molecule has 0 aromatic carbocycles. The Morgan fingerprint density at radius 3 is 1.89 bits per heavy atom. The van der Waals surface area contributed by atoms with Crippen LogP contribution in [0.15, 0.2) is 42.2 Å². The molecule has 0 saturated heterocycles. The molecule has 0 N–H and O–H groups in total. The molecule has 0 nitrogen and oxygen atoms in total. The van der Waals surface area contributed by atoms with Crippen molar-refractivity contribution in [3.8, 4) is 0 Å². The van der Waals surface area contributed by atoms with E-state index in [1.807, 2.05) is 13.8 Å². The Morgan fingerprint density at radius 2 is 1.63 bits per heavy atom. The zero-order valence-electron chi connectivity index (χ0n) is 14.3. The highest BCUT2D eigenvalue weighted by Crippen LogP contribution is 2.43. The van der Waals surface area contributed by atoms with Gasteiger partial charge in [0.05, 0.1) is 0 Å². The third kappa shape index (κ3) is 5.25. The van der Waals surface area contributed by atoms with E-state index in [0.29, 0.717) is 5.92 Å². The summed E-state index contributed by atoms with van der Waals surface area (Å²) in [6.07, 6.45) is 3.32. The van der Waals surface area contributed by atoms with Gasteiger partial charge in [-0.1, -0.05) is 71.9 Å². The molecule has 19 heavy (non-hydrogen) atoms. The van der Waals surface area contributed by atoms with Gasteiger partial charge in [-0.2, -0.15) is 0 Å². The molecule has 0 aromatic rings. The number of rotatable bonds is 7. The molecule has 110 valence electrons. The van der Waals surface area contributed by atoms with Crippen LogP contribution in [0.4, 0.5) is 0 Å². The van der Waals surface area contributed by atoms with E-state index in [-0.39, 0.29) is 5.41 Å². The molecule has 0 saturated carbocycles. The second-order valence-corrected chi connectivity index (χ2v) is 5.19. The third-order valence-electron chi connectivity index (χ3n) is 4.16. The smallest absolute Gasteiger partial charge is 0.00877 e. The van der Waals surface area contributed by atoms with Gasteiger partial charge in [-0.3, -0.25) is 0 Å². The Labute approximate surface area is 122 Å². The average molecular weight is 262 g/mol. The summed E-state index contributed by atoms with van der Waals surface area (Å²) >= 11 is 0. The Morgan fingerprint density at radius 1 is 1.16 bits per heavy atom. The van der Waals surface area contributed by atoms with Gasteiger partial charge in [-0.15, -0.1) is 5.73 Å². The first-order valence-electron chi connectivity index (χ1n) is 7.56. The van der Waals surface area contributed by atoms with Crippen molar-refractivity contribution in [2.75, 3.05) is 0 Å². The monoisotopic (exact) mass is 262 g/mol. The molecule has 0 aromatic heterocycles. The summed E-state index contributed by atoms with van der Waals surface area (Å²) < 4.78 is 0. The number of allylic oxidation sites excluding steroid dienone is 3. The Hall–Kier alpha value is -1.00. The Balaban J connectivity index is 0. The van der Waals surface area contributed by atoms with E-state index in [1.165, 1.54) is 16.7 Å². The molecule has 0 fully saturated rings. The largest absolute Gasteiger partial charge is 0.129 e. The third-order valence-corrected chi connectivity index (χ3v) is 4.16. The summed E-state index contributed by atoms with van der Waals surface area (Å²) in [6.45, 7) is 27.1. The molecule has 0 aliphatic heterocycles. The summed E-state index contributed by atoms with van der Waals surface area (Å²) in [5.41, 5.74) is 6.74. The predicted molar refractivity (Wildman–Crippen MR) is 90.4 cm³/mol. The van der Waals surface area contributed by atoms with Gasteiger partial charge in [-0.05, 0) is 32.3 Å². The van der Waals surface area contributed by atoms with Gasteiger partial charge < -0.3 is 0 Å². The van der Waals surface area contributed by atoms with Crippen molar-refractivity contribution in [1.29, 1.82) is 0 Å². The van der Waals surface area contributed by atoms with Gasteiger partial charge in [0, 0.05) is 11.3 Å². The topological polar surface area (TPSA) is 0 Å². The Bertz CT molecular complexity index is 339. The van der Waals surface area contributed by atoms with Crippen LogP contribution < -0.4 is 0 Å². The number of hydrogen-bond acceptors (Lipinski definition) is 0. The quantitative estimate of drug-likeness (QED) is 0.353. The first kappa shape index (κ1) is 20.3. The standard InChI is InChI=1S/C17H28.C2H6/c1-9-12-16(14(6)10-2)15(7)17(8,11-3)13(4)5;1-2/h16H,2,4,7,9,11-12H2,1,3,5-6,8H3;1-2H3. The lowest BCUT2D eigenvalue weighted by atomic mass is 9.68. The highest BCUT2D eigenvalue weighted by molar-refractivity contribution is 5.30. The summed E-state index contributed by atoms with van der Waals surface area (Å²) in [7, 11) is 0. The molecule has 0 bridgehead atoms. The molecule has 2 unspecified atom stereocenters. The van der Waals surface area contributed by atoms with E-state index in [9.17, 15) is 0 Å². The SMILES string of the molecule is C=C=C(C)C(CCC)C(=C)C(C)(CC)C(=C)C.CC. The van der Waals surface area contributed by atoms with Crippen molar-refractivity contribution in [2.45, 2.75) is 67.7 Å². The first-order valence-corrected chi connectivity index (χ1v) is 7.56. The maximum atomic E-state index is 4.36. The first-order chi connectivity index (χ1) is 8.84. The van der Waals surface area contributed by atoms with Gasteiger partial charge in [0.25, 0.3) is 0 Å². The lowest BCUT2D eigenvalue weighted by Crippen LogP contribution is -2.24. The van der Waals surface area contributed by atoms with Crippen LogP contribution in [0, 0.1) is 11.3 Å². The highest BCUT2D eigenvalue weighted by atomic mass is 14.4. The molecule has 0 spiro atoms. The molecule has 0 aliphatic rings. The van der Waals surface area contributed by atoms with Crippen molar-refractivity contribution in [3.05, 3.63) is 42.2 Å². The second kappa shape index (κ2) is 9.87. The normalized spacial score (nSPS) is 14.3. The number of hydrogen-bond donors (Lipinski definition) is 0. The molecule has 2 atom stereocenters. The van der Waals surface area contributed by atoms with Crippen LogP contribution in [0.2, 0.25) is 0 Å². The lowest BCUT2D eigenvalue weighted by Gasteiger charge is -2.36. The van der Waals surface area contributed by atoms with Crippen LogP contribution in [-0.2, 0) is 0 Å². The van der Waals surface area contributed by atoms with Crippen molar-refractivity contribution < 1.29 is 0 Å². The van der Waals surface area contributed by atoms with E-state index in [2.05, 4.69) is 60.1 Å². The van der Waals surface area contributed by atoms with Gasteiger partial charge >= 0.3 is 0 Å². The van der Waals surface area contributed by atoms with Gasteiger partial charge in [0.1, 0.15) is 0 Å². The zero-order chi connectivity index (χ0) is 15.6. The van der Waals surface area contributed by atoms with Crippen LogP contribution in [0.5, 0.6) is 0 Å². The van der Waals surface area contributed by atoms with E-state index in [0.717, 1.165) is 19.3 Å². The summed E-state index contributed by atoms with van der Waals surface area (Å²) in [4.78, 5) is 0. The van der Waals surface area contributed by atoms with Crippen LogP contribution in [0.25, 0.3) is 0 Å². The minimum Gasteiger partial charge on any atom is -0.129 e. The maximum absolute atomic E-state index is 4.36. The fraction of sp³-hybridized carbons (Fsp3) is 0.632. The fourth-order valence-electron chi connectivity index (χ4n) is 2.25. The maximum Gasteiger partial charge on any atom is 0.00877 e. The molecular weight excluding hydrogens is 228 g/mol. The van der Waals surface area contributed by atoms with Gasteiger partial charge in [0.15, 0.2) is 0 Å². The van der Waals surface area contributed by atoms with Crippen LogP contribution in [-0.4, -0.2) is 0 Å². The van der Waals surface area contributed by atoms with Gasteiger partial charge in [-0.25, -0.2) is 0 Å². The Kier molecular flexibility index (Phi) is 10.6. The van der Waals surface area contributed by atoms with Crippen LogP contribution >= 0.6 is 0 Å². The highest BCUT2D eigenvalue weighted by Gasteiger charge is 2.31. The summed E-state index contributed by atoms with van der Waals surface area (Å²) in [5, 5.41) is 0. The van der Waals surface area contributed by atoms with Crippen molar-refractivity contribution in [3.63, 3.8) is 0 Å². The minimum atomic E-state index is 0.0257. The molecular formula is C19H34. The minimum absolute atomic E-state index is 0.0257. The lowest BCUT2D eigenvalue weighted by molar-refractivity contribution is 0.407. The molecule has 0 amide bonds. The van der Waals surface area contributed by atoms with Gasteiger partial charge in [0.2, 0.25) is 0 Å². The predicted octanol–water partition coefficient (Wildman–Crippen LogP) is 6.71. The second-order valence-electron chi connectivity index (χ2n) is 5.19. The van der Waals surface area contributed by atoms with E-state index in [4.69, 9.17) is 0 Å². The average Bonchev–Trinajstić information content (AvgIpc) is 2.44. The molecule has 0 radical (unpaired) electrons. The fourth-order valence-corrected chi connectivity index (χ4v) is 2.25. The van der Waals surface area contributed by atoms with E-state index >= 15 is 0 Å². The van der Waals surface area contributed by atoms with E-state index in [1.54, 1.807) is 0 Å².